The van der Waals surface area contributed by atoms with Crippen LogP contribution in [-0.4, -0.2) is 9.55 Å². The second-order valence-corrected chi connectivity index (χ2v) is 1.23. The number of aromatic nitrogens is 2. The molecule has 3 heteroatoms. The molecule has 0 aliphatic heterocycles. The Morgan fingerprint density at radius 2 is 2.43 bits per heavy atom. The molecule has 0 aliphatic rings. The summed E-state index contributed by atoms with van der Waals surface area (Å²) < 4.78 is 1.89. The molecule has 1 aromatic rings. The zero-order valence-electron chi connectivity index (χ0n) is 5.63. The standard InChI is InChI=1S/C4H6N2.Na.H/c1-6-3-2-5-4-6;;/h2-4H,1H3;;/q;+1;-1. The quantitative estimate of drug-likeness (QED) is 0.335. The number of hydrogen-bond donors (Lipinski definition) is 0. The van der Waals surface area contributed by atoms with E-state index in [1.807, 2.05) is 17.8 Å². The van der Waals surface area contributed by atoms with Crippen molar-refractivity contribution < 1.29 is 31.0 Å². The van der Waals surface area contributed by atoms with Gasteiger partial charge in [0.1, 0.15) is 0 Å². The molecular formula is C4H7N2Na. The minimum atomic E-state index is 0. The molecule has 0 unspecified atom stereocenters. The molecule has 2 nitrogen and oxygen atoms in total. The molecule has 0 atom stereocenters. The van der Waals surface area contributed by atoms with Crippen molar-refractivity contribution in [3.8, 4) is 0 Å². The summed E-state index contributed by atoms with van der Waals surface area (Å²) in [6.07, 6.45) is 5.39. The molecule has 0 radical (unpaired) electrons. The van der Waals surface area contributed by atoms with Crippen molar-refractivity contribution in [3.63, 3.8) is 0 Å². The van der Waals surface area contributed by atoms with Crippen LogP contribution in [0.5, 0.6) is 0 Å². The first kappa shape index (κ1) is 7.21. The van der Waals surface area contributed by atoms with Gasteiger partial charge < -0.3 is 5.99 Å². The summed E-state index contributed by atoms with van der Waals surface area (Å²) in [5.74, 6) is 0. The predicted octanol–water partition coefficient (Wildman–Crippen LogP) is -2.46. The van der Waals surface area contributed by atoms with Crippen LogP contribution in [0.1, 0.15) is 1.43 Å². The van der Waals surface area contributed by atoms with Gasteiger partial charge in [-0.2, -0.15) is 0 Å². The van der Waals surface area contributed by atoms with Gasteiger partial charge >= 0.3 is 29.6 Å². The monoisotopic (exact) mass is 106 g/mol. The summed E-state index contributed by atoms with van der Waals surface area (Å²) in [6, 6.07) is 0. The van der Waals surface area contributed by atoms with Crippen LogP contribution in [0.2, 0.25) is 0 Å². The largest absolute Gasteiger partial charge is 1.00 e. The molecule has 1 rings (SSSR count). The Hall–Kier alpha value is 0.210. The van der Waals surface area contributed by atoms with Crippen LogP contribution in [0.4, 0.5) is 0 Å². The van der Waals surface area contributed by atoms with Crippen molar-refractivity contribution in [1.29, 1.82) is 0 Å². The number of imidazole rings is 1. The molecule has 0 saturated carbocycles. The van der Waals surface area contributed by atoms with E-state index in [1.54, 1.807) is 12.5 Å². The molecule has 0 N–H and O–H groups in total. The first-order valence-electron chi connectivity index (χ1n) is 1.81. The number of aryl methyl sites for hydroxylation is 1. The first-order chi connectivity index (χ1) is 2.89. The Morgan fingerprint density at radius 1 is 1.71 bits per heavy atom. The maximum atomic E-state index is 3.78. The van der Waals surface area contributed by atoms with Crippen molar-refractivity contribution in [2.75, 3.05) is 0 Å². The van der Waals surface area contributed by atoms with E-state index in [4.69, 9.17) is 0 Å². The van der Waals surface area contributed by atoms with Crippen molar-refractivity contribution in [1.82, 2.24) is 9.55 Å². The second kappa shape index (κ2) is 3.24. The van der Waals surface area contributed by atoms with Gasteiger partial charge in [-0.05, 0) is 0 Å². The Bertz CT molecular complexity index is 118. The topological polar surface area (TPSA) is 17.8 Å². The fourth-order valence-corrected chi connectivity index (χ4v) is 0.326. The molecule has 0 aliphatic carbocycles. The molecule has 1 heterocycles. The SMILES string of the molecule is Cn1ccnc1.[H-].[Na+]. The van der Waals surface area contributed by atoms with E-state index in [0.717, 1.165) is 0 Å². The van der Waals surface area contributed by atoms with Crippen LogP contribution in [-0.2, 0) is 7.05 Å². The van der Waals surface area contributed by atoms with E-state index in [2.05, 4.69) is 4.98 Å². The van der Waals surface area contributed by atoms with Crippen LogP contribution in [0.3, 0.4) is 0 Å². The van der Waals surface area contributed by atoms with Gasteiger partial charge in [-0.25, -0.2) is 4.98 Å². The Labute approximate surface area is 66.3 Å². The minimum Gasteiger partial charge on any atom is -1.00 e. The zero-order chi connectivity index (χ0) is 4.41. The summed E-state index contributed by atoms with van der Waals surface area (Å²) in [6.45, 7) is 0. The smallest absolute Gasteiger partial charge is 1.00 e. The average Bonchev–Trinajstić information content (AvgIpc) is 1.86. The third-order valence-corrected chi connectivity index (χ3v) is 0.637. The molecule has 0 bridgehead atoms. The van der Waals surface area contributed by atoms with E-state index in [0.29, 0.717) is 0 Å². The van der Waals surface area contributed by atoms with E-state index in [1.165, 1.54) is 0 Å². The Balaban J connectivity index is 0. The second-order valence-electron chi connectivity index (χ2n) is 1.23. The molecule has 0 spiro atoms. The molecule has 1 aromatic heterocycles. The Morgan fingerprint density at radius 3 is 2.57 bits per heavy atom. The molecule has 0 amide bonds. The van der Waals surface area contributed by atoms with E-state index in [9.17, 15) is 0 Å². The third kappa shape index (κ3) is 2.12. The predicted molar refractivity (Wildman–Crippen MR) is 24.3 cm³/mol. The average molecular weight is 106 g/mol. The Kier molecular flexibility index (Phi) is 3.34. The fourth-order valence-electron chi connectivity index (χ4n) is 0.326. The zero-order valence-corrected chi connectivity index (χ0v) is 6.63. The molecule has 0 fully saturated rings. The van der Waals surface area contributed by atoms with E-state index < -0.39 is 0 Å². The third-order valence-electron chi connectivity index (χ3n) is 0.637. The normalized spacial score (nSPS) is 7.57. The summed E-state index contributed by atoms with van der Waals surface area (Å²) in [7, 11) is 1.94. The van der Waals surface area contributed by atoms with E-state index in [-0.39, 0.29) is 31.0 Å². The maximum absolute atomic E-state index is 3.78. The van der Waals surface area contributed by atoms with Crippen molar-refractivity contribution >= 4 is 0 Å². The van der Waals surface area contributed by atoms with Gasteiger partial charge in [-0.3, -0.25) is 0 Å². The van der Waals surface area contributed by atoms with Gasteiger partial charge in [0.25, 0.3) is 0 Å². The van der Waals surface area contributed by atoms with Crippen molar-refractivity contribution in [2.24, 2.45) is 7.05 Å². The minimum absolute atomic E-state index is 0. The van der Waals surface area contributed by atoms with Gasteiger partial charge in [0.2, 0.25) is 0 Å². The van der Waals surface area contributed by atoms with E-state index >= 15 is 0 Å². The number of rotatable bonds is 0. The van der Waals surface area contributed by atoms with Crippen LogP contribution in [0, 0.1) is 0 Å². The van der Waals surface area contributed by atoms with Gasteiger partial charge in [0.05, 0.1) is 6.33 Å². The molecule has 34 valence electrons. The summed E-state index contributed by atoms with van der Waals surface area (Å²) in [5.41, 5.74) is 0. The van der Waals surface area contributed by atoms with Crippen LogP contribution in [0.15, 0.2) is 18.7 Å². The van der Waals surface area contributed by atoms with Crippen LogP contribution >= 0.6 is 0 Å². The summed E-state index contributed by atoms with van der Waals surface area (Å²) in [5, 5.41) is 0. The fraction of sp³-hybridized carbons (Fsp3) is 0.250. The summed E-state index contributed by atoms with van der Waals surface area (Å²) >= 11 is 0. The van der Waals surface area contributed by atoms with Crippen molar-refractivity contribution in [2.45, 2.75) is 0 Å². The van der Waals surface area contributed by atoms with Gasteiger partial charge in [-0.1, -0.05) is 0 Å². The number of nitrogens with zero attached hydrogens (tertiary/aromatic N) is 2. The van der Waals surface area contributed by atoms with Gasteiger partial charge in [0.15, 0.2) is 0 Å². The van der Waals surface area contributed by atoms with Crippen LogP contribution in [0.25, 0.3) is 0 Å². The maximum Gasteiger partial charge on any atom is 1.00 e. The molecular weight excluding hydrogens is 99.0 g/mol. The van der Waals surface area contributed by atoms with Gasteiger partial charge in [-0.15, -0.1) is 0 Å². The van der Waals surface area contributed by atoms with Crippen LogP contribution < -0.4 is 29.6 Å². The molecule has 0 aromatic carbocycles. The first-order valence-corrected chi connectivity index (χ1v) is 1.81. The summed E-state index contributed by atoms with van der Waals surface area (Å²) in [4.78, 5) is 3.78. The molecule has 7 heavy (non-hydrogen) atoms. The number of hydrogen-bond acceptors (Lipinski definition) is 1. The molecule has 0 saturated heterocycles. The van der Waals surface area contributed by atoms with Gasteiger partial charge in [0, 0.05) is 19.4 Å². The van der Waals surface area contributed by atoms with Crippen molar-refractivity contribution in [3.05, 3.63) is 18.7 Å².